The van der Waals surface area contributed by atoms with Crippen LogP contribution >= 0.6 is 11.8 Å². The molecule has 23 heavy (non-hydrogen) atoms. The van der Waals surface area contributed by atoms with Gasteiger partial charge in [0.15, 0.2) is 5.78 Å². The van der Waals surface area contributed by atoms with E-state index in [9.17, 15) is 4.79 Å². The highest BCUT2D eigenvalue weighted by Crippen LogP contribution is 2.29. The largest absolute Gasteiger partial charge is 0.457 e. The smallest absolute Gasteiger partial charge is 0.172 e. The molecule has 0 aliphatic heterocycles. The molecule has 2 aromatic carbocycles. The summed E-state index contributed by atoms with van der Waals surface area (Å²) in [6.45, 7) is 0. The van der Waals surface area contributed by atoms with Gasteiger partial charge in [-0.2, -0.15) is 11.8 Å². The van der Waals surface area contributed by atoms with Gasteiger partial charge >= 0.3 is 0 Å². The number of rotatable bonds is 6. The van der Waals surface area contributed by atoms with E-state index >= 15 is 0 Å². The first kappa shape index (κ1) is 16.1. The maximum absolute atomic E-state index is 12.3. The van der Waals surface area contributed by atoms with Crippen molar-refractivity contribution in [1.82, 2.24) is 0 Å². The Morgan fingerprint density at radius 2 is 1.57 bits per heavy atom. The summed E-state index contributed by atoms with van der Waals surface area (Å²) >= 11 is 1.83. The second kappa shape index (κ2) is 8.21. The Kier molecular flexibility index (Phi) is 5.76. The number of carbonyl (C=O) groups excluding carboxylic acids is 1. The molecule has 0 aromatic heterocycles. The SMILES string of the molecule is O=C(CSC1CCCCC1)c1ccc(Oc2ccccc2)cc1. The summed E-state index contributed by atoms with van der Waals surface area (Å²) < 4.78 is 5.75. The zero-order valence-corrected chi connectivity index (χ0v) is 14.1. The van der Waals surface area contributed by atoms with Gasteiger partial charge in [-0.1, -0.05) is 37.5 Å². The van der Waals surface area contributed by atoms with Crippen LogP contribution in [0.2, 0.25) is 0 Å². The van der Waals surface area contributed by atoms with E-state index in [1.54, 1.807) is 0 Å². The van der Waals surface area contributed by atoms with Crippen molar-refractivity contribution in [3.63, 3.8) is 0 Å². The van der Waals surface area contributed by atoms with Gasteiger partial charge in [-0.25, -0.2) is 0 Å². The lowest BCUT2D eigenvalue weighted by Gasteiger charge is -2.20. The molecule has 0 unspecified atom stereocenters. The molecule has 0 atom stereocenters. The van der Waals surface area contributed by atoms with Crippen LogP contribution in [-0.4, -0.2) is 16.8 Å². The van der Waals surface area contributed by atoms with E-state index in [-0.39, 0.29) is 5.78 Å². The fourth-order valence-electron chi connectivity index (χ4n) is 2.84. The van der Waals surface area contributed by atoms with Crippen molar-refractivity contribution in [2.45, 2.75) is 37.4 Å². The lowest BCUT2D eigenvalue weighted by Crippen LogP contribution is -2.12. The van der Waals surface area contributed by atoms with E-state index in [4.69, 9.17) is 4.74 Å². The maximum Gasteiger partial charge on any atom is 0.172 e. The summed E-state index contributed by atoms with van der Waals surface area (Å²) in [5, 5.41) is 0.674. The average molecular weight is 326 g/mol. The molecule has 1 fully saturated rings. The Labute approximate surface area is 142 Å². The third-order valence-corrected chi connectivity index (χ3v) is 5.53. The molecule has 3 heteroatoms. The highest BCUT2D eigenvalue weighted by molar-refractivity contribution is 8.00. The van der Waals surface area contributed by atoms with E-state index in [1.165, 1.54) is 32.1 Å². The first-order valence-corrected chi connectivity index (χ1v) is 9.34. The molecule has 0 saturated heterocycles. The van der Waals surface area contributed by atoms with Gasteiger partial charge < -0.3 is 4.74 Å². The Morgan fingerprint density at radius 1 is 0.913 bits per heavy atom. The van der Waals surface area contributed by atoms with Crippen LogP contribution in [0.15, 0.2) is 54.6 Å². The van der Waals surface area contributed by atoms with E-state index in [0.717, 1.165) is 17.1 Å². The Bertz CT molecular complexity index is 616. The van der Waals surface area contributed by atoms with E-state index in [1.807, 2.05) is 66.4 Å². The maximum atomic E-state index is 12.3. The van der Waals surface area contributed by atoms with Crippen molar-refractivity contribution in [3.05, 3.63) is 60.2 Å². The number of benzene rings is 2. The predicted molar refractivity (Wildman–Crippen MR) is 96.6 cm³/mol. The number of Topliss-reactive ketones (excluding diaryl/α,β-unsaturated/α-hetero) is 1. The zero-order valence-electron chi connectivity index (χ0n) is 13.2. The summed E-state index contributed by atoms with van der Waals surface area (Å²) in [6.07, 6.45) is 6.52. The first-order chi connectivity index (χ1) is 11.3. The second-order valence-electron chi connectivity index (χ2n) is 5.93. The van der Waals surface area contributed by atoms with Crippen molar-refractivity contribution in [3.8, 4) is 11.5 Å². The van der Waals surface area contributed by atoms with Crippen LogP contribution in [0, 0.1) is 0 Å². The van der Waals surface area contributed by atoms with Crippen LogP contribution in [-0.2, 0) is 0 Å². The fraction of sp³-hybridized carbons (Fsp3) is 0.350. The van der Waals surface area contributed by atoms with Crippen LogP contribution < -0.4 is 4.74 Å². The highest BCUT2D eigenvalue weighted by atomic mass is 32.2. The molecule has 120 valence electrons. The summed E-state index contributed by atoms with van der Waals surface area (Å²) in [5.41, 5.74) is 0.772. The minimum Gasteiger partial charge on any atom is -0.457 e. The minimum absolute atomic E-state index is 0.215. The molecular formula is C20H22O2S. The molecular weight excluding hydrogens is 304 g/mol. The normalized spacial score (nSPS) is 15.3. The standard InChI is InChI=1S/C20H22O2S/c21-20(15-23-19-9-5-2-6-10-19)16-11-13-18(14-12-16)22-17-7-3-1-4-8-17/h1,3-4,7-8,11-14,19H,2,5-6,9-10,15H2. The number of para-hydroxylation sites is 1. The molecule has 0 amide bonds. The molecule has 1 saturated carbocycles. The predicted octanol–water partition coefficient (Wildman–Crippen LogP) is 5.73. The van der Waals surface area contributed by atoms with Gasteiger partial charge in [-0.3, -0.25) is 4.79 Å². The fourth-order valence-corrected chi connectivity index (χ4v) is 4.06. The summed E-state index contributed by atoms with van der Waals surface area (Å²) in [6, 6.07) is 17.1. The van der Waals surface area contributed by atoms with Crippen LogP contribution in [0.1, 0.15) is 42.5 Å². The Morgan fingerprint density at radius 3 is 2.26 bits per heavy atom. The van der Waals surface area contributed by atoms with Crippen molar-refractivity contribution >= 4 is 17.5 Å². The van der Waals surface area contributed by atoms with Gasteiger partial charge in [0.05, 0.1) is 5.75 Å². The quantitative estimate of drug-likeness (QED) is 0.634. The van der Waals surface area contributed by atoms with Gasteiger partial charge in [0.2, 0.25) is 0 Å². The topological polar surface area (TPSA) is 26.3 Å². The molecule has 0 heterocycles. The van der Waals surface area contributed by atoms with Crippen molar-refractivity contribution < 1.29 is 9.53 Å². The minimum atomic E-state index is 0.215. The number of carbonyl (C=O) groups is 1. The molecule has 1 aliphatic rings. The lowest BCUT2D eigenvalue weighted by atomic mass is 10.0. The number of hydrogen-bond acceptors (Lipinski definition) is 3. The van der Waals surface area contributed by atoms with Crippen LogP contribution in [0.3, 0.4) is 0 Å². The zero-order chi connectivity index (χ0) is 15.9. The van der Waals surface area contributed by atoms with Gasteiger partial charge in [0.25, 0.3) is 0 Å². The molecule has 0 spiro atoms. The molecule has 2 aromatic rings. The van der Waals surface area contributed by atoms with Gasteiger partial charge in [-0.15, -0.1) is 0 Å². The van der Waals surface area contributed by atoms with Gasteiger partial charge in [-0.05, 0) is 49.2 Å². The van der Waals surface area contributed by atoms with E-state index in [0.29, 0.717) is 11.0 Å². The average Bonchev–Trinajstić information content (AvgIpc) is 2.62. The second-order valence-corrected chi connectivity index (χ2v) is 7.22. The summed E-state index contributed by atoms with van der Waals surface area (Å²) in [7, 11) is 0. The van der Waals surface area contributed by atoms with Crippen LogP contribution in [0.25, 0.3) is 0 Å². The van der Waals surface area contributed by atoms with Crippen molar-refractivity contribution in [2.75, 3.05) is 5.75 Å². The molecule has 0 N–H and O–H groups in total. The van der Waals surface area contributed by atoms with Crippen molar-refractivity contribution in [2.24, 2.45) is 0 Å². The third kappa shape index (κ3) is 4.87. The van der Waals surface area contributed by atoms with E-state index < -0.39 is 0 Å². The molecule has 2 nitrogen and oxygen atoms in total. The molecule has 3 rings (SSSR count). The van der Waals surface area contributed by atoms with Crippen molar-refractivity contribution in [1.29, 1.82) is 0 Å². The van der Waals surface area contributed by atoms with E-state index in [2.05, 4.69) is 0 Å². The molecule has 1 aliphatic carbocycles. The number of ether oxygens (including phenoxy) is 1. The summed E-state index contributed by atoms with van der Waals surface area (Å²) in [4.78, 5) is 12.3. The first-order valence-electron chi connectivity index (χ1n) is 8.29. The van der Waals surface area contributed by atoms with Gasteiger partial charge in [0.1, 0.15) is 11.5 Å². The number of thioether (sulfide) groups is 1. The molecule has 0 bridgehead atoms. The Balaban J connectivity index is 1.52. The number of hydrogen-bond donors (Lipinski definition) is 0. The monoisotopic (exact) mass is 326 g/mol. The van der Waals surface area contributed by atoms with Gasteiger partial charge in [0, 0.05) is 10.8 Å². The Hall–Kier alpha value is -1.74. The summed E-state index contributed by atoms with van der Waals surface area (Å²) in [5.74, 6) is 2.36. The van der Waals surface area contributed by atoms with Crippen LogP contribution in [0.4, 0.5) is 0 Å². The molecule has 0 radical (unpaired) electrons. The lowest BCUT2D eigenvalue weighted by molar-refractivity contribution is 0.102. The van der Waals surface area contributed by atoms with Crippen LogP contribution in [0.5, 0.6) is 11.5 Å². The number of ketones is 1. The highest BCUT2D eigenvalue weighted by Gasteiger charge is 2.16. The third-order valence-electron chi connectivity index (χ3n) is 4.16.